The van der Waals surface area contributed by atoms with Crippen LogP contribution in [0.3, 0.4) is 0 Å². The van der Waals surface area contributed by atoms with E-state index in [4.69, 9.17) is 28.4 Å². The number of hydrogen-bond acceptors (Lipinski definition) is 10. The van der Waals surface area contributed by atoms with Crippen molar-refractivity contribution in [2.75, 3.05) is 27.4 Å². The summed E-state index contributed by atoms with van der Waals surface area (Å²) in [4.78, 5) is 26.0. The van der Waals surface area contributed by atoms with Crippen molar-refractivity contribution >= 4 is 11.8 Å². The molecule has 12 atom stereocenters. The Labute approximate surface area is 244 Å². The average molecular weight is 583 g/mol. The minimum absolute atomic E-state index is 0.0339. The first kappa shape index (κ1) is 33.8. The maximum Gasteiger partial charge on any atom is 0.308 e. The Morgan fingerprint density at radius 3 is 2.41 bits per heavy atom. The molecule has 41 heavy (non-hydrogen) atoms. The number of aliphatic hydroxyl groups is 2. The van der Waals surface area contributed by atoms with Crippen molar-refractivity contribution in [3.05, 3.63) is 23.8 Å². The van der Waals surface area contributed by atoms with Crippen molar-refractivity contribution in [3.8, 4) is 0 Å². The van der Waals surface area contributed by atoms with Gasteiger partial charge in [-0.15, -0.1) is 0 Å². The van der Waals surface area contributed by atoms with Gasteiger partial charge in [-0.1, -0.05) is 38.5 Å². The first-order chi connectivity index (χ1) is 19.5. The molecule has 0 radical (unpaired) electrons. The van der Waals surface area contributed by atoms with Gasteiger partial charge in [-0.3, -0.25) is 9.59 Å². The number of esters is 1. The maximum atomic E-state index is 13.0. The number of carbonyl (C=O) groups is 2. The predicted octanol–water partition coefficient (Wildman–Crippen LogP) is 2.98. The molecular formula is C31H50O10. The molecule has 2 saturated heterocycles. The molecule has 2 N–H and O–H groups in total. The maximum absolute atomic E-state index is 13.0. The molecule has 3 rings (SSSR count). The number of ketones is 1. The fraction of sp³-hybridized carbons (Fsp3) is 0.806. The Bertz CT molecular complexity index is 919. The Kier molecular flexibility index (Phi) is 13.0. The molecule has 0 amide bonds. The van der Waals surface area contributed by atoms with E-state index < -0.39 is 54.8 Å². The van der Waals surface area contributed by atoms with Crippen molar-refractivity contribution in [2.24, 2.45) is 23.7 Å². The summed E-state index contributed by atoms with van der Waals surface area (Å²) in [6.45, 7) is 10.0. The van der Waals surface area contributed by atoms with Crippen molar-refractivity contribution in [3.63, 3.8) is 0 Å². The SMILES string of the molecule is CC[C@H]1OC(=O)C[C@@H](O)[C@H](C)[C@H]2OCC[C@H]2C[C@@H](C)C(=O)/C=C/C(C)=C/[C@@H]1CO[C@@H]1O[C@H](C)[C@@H](O)[C@@H](OC)[C@H]1OC. The number of cyclic esters (lactones) is 1. The van der Waals surface area contributed by atoms with Gasteiger partial charge >= 0.3 is 5.97 Å². The van der Waals surface area contributed by atoms with Crippen LogP contribution in [0.25, 0.3) is 0 Å². The number of allylic oxidation sites excluding steroid dienone is 3. The van der Waals surface area contributed by atoms with Crippen LogP contribution in [0, 0.1) is 23.7 Å². The zero-order chi connectivity index (χ0) is 30.3. The van der Waals surface area contributed by atoms with Gasteiger partial charge in [0, 0.05) is 38.6 Å². The molecular weight excluding hydrogens is 532 g/mol. The standard InChI is InChI=1S/C31H50O10/c1-8-25-22(16-39-31-30(37-7)29(36-6)27(35)20(5)40-31)13-17(2)9-10-23(32)18(3)14-21-11-12-38-28(21)19(4)24(33)15-26(34)41-25/h9-10,13,18-22,24-25,27-31,33,35H,8,11-12,14-16H2,1-7H3/b10-9+,17-13+/t18-,19+,20-,21+,22-,24-,25-,27-,28-,29-,30-,31-/m1/s1. The monoisotopic (exact) mass is 582 g/mol. The summed E-state index contributed by atoms with van der Waals surface area (Å²) in [7, 11) is 3.00. The summed E-state index contributed by atoms with van der Waals surface area (Å²) >= 11 is 0. The number of methoxy groups -OCH3 is 2. The highest BCUT2D eigenvalue weighted by Crippen LogP contribution is 2.35. The third-order valence-corrected chi connectivity index (χ3v) is 8.81. The van der Waals surface area contributed by atoms with Gasteiger partial charge < -0.3 is 38.6 Å². The van der Waals surface area contributed by atoms with Gasteiger partial charge in [0.25, 0.3) is 0 Å². The molecule has 10 nitrogen and oxygen atoms in total. The Morgan fingerprint density at radius 1 is 1.05 bits per heavy atom. The van der Waals surface area contributed by atoms with Crippen LogP contribution >= 0.6 is 0 Å². The fourth-order valence-electron chi connectivity index (χ4n) is 6.20. The third kappa shape index (κ3) is 8.69. The summed E-state index contributed by atoms with van der Waals surface area (Å²) in [5.41, 5.74) is 0.822. The molecule has 0 aromatic heterocycles. The summed E-state index contributed by atoms with van der Waals surface area (Å²) in [6.07, 6.45) is 1.83. The Hall–Kier alpha value is -1.66. The minimum Gasteiger partial charge on any atom is -0.462 e. The number of fused-ring (bicyclic) bond motifs is 1. The second-order valence-electron chi connectivity index (χ2n) is 11.8. The Balaban J connectivity index is 1.86. The fourth-order valence-corrected chi connectivity index (χ4v) is 6.20. The second-order valence-corrected chi connectivity index (χ2v) is 11.8. The van der Waals surface area contributed by atoms with Crippen LogP contribution in [0.2, 0.25) is 0 Å². The van der Waals surface area contributed by atoms with Gasteiger partial charge in [0.2, 0.25) is 0 Å². The van der Waals surface area contributed by atoms with E-state index in [-0.39, 0.29) is 42.7 Å². The molecule has 0 aromatic rings. The minimum atomic E-state index is -0.937. The lowest BCUT2D eigenvalue weighted by molar-refractivity contribution is -0.304. The highest BCUT2D eigenvalue weighted by Gasteiger charge is 2.45. The number of carbonyl (C=O) groups excluding carboxylic acids is 2. The van der Waals surface area contributed by atoms with Crippen molar-refractivity contribution in [2.45, 2.75) is 109 Å². The lowest BCUT2D eigenvalue weighted by Gasteiger charge is -2.42. The van der Waals surface area contributed by atoms with Gasteiger partial charge in [-0.25, -0.2) is 0 Å². The zero-order valence-electron chi connectivity index (χ0n) is 25.6. The molecule has 0 aromatic carbocycles. The summed E-state index contributed by atoms with van der Waals surface area (Å²) < 4.78 is 35.0. The molecule has 2 fully saturated rings. The van der Waals surface area contributed by atoms with E-state index in [0.717, 1.165) is 12.0 Å². The third-order valence-electron chi connectivity index (χ3n) is 8.81. The van der Waals surface area contributed by atoms with Gasteiger partial charge in [0.1, 0.15) is 24.4 Å². The highest BCUT2D eigenvalue weighted by atomic mass is 16.7. The first-order valence-corrected chi connectivity index (χ1v) is 14.9. The molecule has 234 valence electrons. The molecule has 3 aliphatic rings. The van der Waals surface area contributed by atoms with Crippen LogP contribution in [0.15, 0.2) is 23.8 Å². The summed E-state index contributed by atoms with van der Waals surface area (Å²) in [5.74, 6) is -1.20. The van der Waals surface area contributed by atoms with E-state index in [0.29, 0.717) is 19.4 Å². The second kappa shape index (κ2) is 15.7. The molecule has 10 heteroatoms. The van der Waals surface area contributed by atoms with E-state index in [2.05, 4.69) is 0 Å². The van der Waals surface area contributed by atoms with Crippen LogP contribution in [0.1, 0.15) is 60.3 Å². The average Bonchev–Trinajstić information content (AvgIpc) is 3.40. The molecule has 0 aliphatic carbocycles. The molecule has 0 unspecified atom stereocenters. The van der Waals surface area contributed by atoms with E-state index in [9.17, 15) is 19.8 Å². The number of rotatable bonds is 6. The largest absolute Gasteiger partial charge is 0.462 e. The van der Waals surface area contributed by atoms with E-state index in [1.807, 2.05) is 33.8 Å². The van der Waals surface area contributed by atoms with Gasteiger partial charge in [-0.05, 0) is 45.1 Å². The summed E-state index contributed by atoms with van der Waals surface area (Å²) in [5, 5.41) is 21.4. The van der Waals surface area contributed by atoms with E-state index >= 15 is 0 Å². The van der Waals surface area contributed by atoms with Crippen LogP contribution in [-0.4, -0.2) is 98.4 Å². The van der Waals surface area contributed by atoms with Gasteiger partial charge in [0.05, 0.1) is 31.3 Å². The van der Waals surface area contributed by atoms with Crippen LogP contribution in [0.5, 0.6) is 0 Å². The number of hydrogen-bond donors (Lipinski definition) is 2. The van der Waals surface area contributed by atoms with Crippen LogP contribution < -0.4 is 0 Å². The first-order valence-electron chi connectivity index (χ1n) is 14.9. The van der Waals surface area contributed by atoms with Gasteiger partial charge in [-0.2, -0.15) is 0 Å². The normalized spacial score (nSPS) is 43.6. The topological polar surface area (TPSA) is 130 Å². The number of ether oxygens (including phenoxy) is 6. The Morgan fingerprint density at radius 2 is 1.76 bits per heavy atom. The van der Waals surface area contributed by atoms with Crippen LogP contribution in [0.4, 0.5) is 0 Å². The highest BCUT2D eigenvalue weighted by molar-refractivity contribution is 5.91. The van der Waals surface area contributed by atoms with Crippen molar-refractivity contribution in [1.82, 2.24) is 0 Å². The van der Waals surface area contributed by atoms with Crippen molar-refractivity contribution in [1.29, 1.82) is 0 Å². The smallest absolute Gasteiger partial charge is 0.308 e. The lowest BCUT2D eigenvalue weighted by Crippen LogP contribution is -2.59. The molecule has 3 heterocycles. The van der Waals surface area contributed by atoms with Crippen LogP contribution in [-0.2, 0) is 38.0 Å². The van der Waals surface area contributed by atoms with E-state index in [1.54, 1.807) is 19.1 Å². The quantitative estimate of drug-likeness (QED) is 0.451. The number of aliphatic hydroxyl groups excluding tert-OH is 2. The van der Waals surface area contributed by atoms with E-state index in [1.165, 1.54) is 14.2 Å². The predicted molar refractivity (Wildman–Crippen MR) is 151 cm³/mol. The molecule has 3 aliphatic heterocycles. The molecule has 0 spiro atoms. The summed E-state index contributed by atoms with van der Waals surface area (Å²) in [6, 6.07) is 0. The van der Waals surface area contributed by atoms with Gasteiger partial charge in [0.15, 0.2) is 12.1 Å². The lowest BCUT2D eigenvalue weighted by atomic mass is 9.81. The molecule has 0 bridgehead atoms. The van der Waals surface area contributed by atoms with Crippen molar-refractivity contribution < 1.29 is 48.2 Å². The zero-order valence-corrected chi connectivity index (χ0v) is 25.6. The molecule has 0 saturated carbocycles.